The van der Waals surface area contributed by atoms with E-state index in [4.69, 9.17) is 0 Å². The lowest BCUT2D eigenvalue weighted by molar-refractivity contribution is 0.0984. The lowest BCUT2D eigenvalue weighted by Crippen LogP contribution is -2.30. The standard InChI is InChI=1S/C17H20N4O/c1-17(2,3)20-15-11-18-13(10-19-15)16(22)21-9-8-12-6-4-5-7-14(12)21/h4-7,10-11H,8-9H2,1-3H3,(H,19,20). The van der Waals surface area contributed by atoms with Crippen LogP contribution in [0.4, 0.5) is 11.5 Å². The van der Waals surface area contributed by atoms with Crippen LogP contribution in [0.25, 0.3) is 0 Å². The van der Waals surface area contributed by atoms with Gasteiger partial charge in [-0.15, -0.1) is 0 Å². The molecular formula is C17H20N4O. The largest absolute Gasteiger partial charge is 0.364 e. The van der Waals surface area contributed by atoms with E-state index in [1.54, 1.807) is 11.1 Å². The molecule has 1 N–H and O–H groups in total. The molecule has 0 atom stereocenters. The first-order chi connectivity index (χ1) is 10.4. The van der Waals surface area contributed by atoms with Crippen molar-refractivity contribution in [3.05, 3.63) is 47.9 Å². The summed E-state index contributed by atoms with van der Waals surface area (Å²) in [5.41, 5.74) is 2.46. The molecule has 0 spiro atoms. The number of amides is 1. The number of hydrogen-bond acceptors (Lipinski definition) is 4. The molecule has 5 nitrogen and oxygen atoms in total. The summed E-state index contributed by atoms with van der Waals surface area (Å²) in [6.45, 7) is 6.85. The summed E-state index contributed by atoms with van der Waals surface area (Å²) in [6, 6.07) is 7.99. The van der Waals surface area contributed by atoms with Crippen LogP contribution in [-0.4, -0.2) is 28.0 Å². The number of hydrogen-bond donors (Lipinski definition) is 1. The van der Waals surface area contributed by atoms with Gasteiger partial charge in [0.15, 0.2) is 0 Å². The third kappa shape index (κ3) is 2.93. The Morgan fingerprint density at radius 3 is 2.64 bits per heavy atom. The van der Waals surface area contributed by atoms with Gasteiger partial charge >= 0.3 is 0 Å². The molecule has 0 bridgehead atoms. The third-order valence-corrected chi connectivity index (χ3v) is 3.51. The summed E-state index contributed by atoms with van der Waals surface area (Å²) < 4.78 is 0. The minimum Gasteiger partial charge on any atom is -0.364 e. The van der Waals surface area contributed by atoms with E-state index < -0.39 is 0 Å². The molecule has 0 saturated heterocycles. The Hall–Kier alpha value is -2.43. The maximum atomic E-state index is 12.6. The second-order valence-electron chi connectivity index (χ2n) is 6.50. The molecule has 1 aliphatic rings. The van der Waals surface area contributed by atoms with Crippen molar-refractivity contribution in [3.8, 4) is 0 Å². The van der Waals surface area contributed by atoms with Crippen LogP contribution in [0.2, 0.25) is 0 Å². The number of rotatable bonds is 2. The van der Waals surface area contributed by atoms with Gasteiger partial charge in [0.2, 0.25) is 0 Å². The summed E-state index contributed by atoms with van der Waals surface area (Å²) in [5, 5.41) is 3.23. The van der Waals surface area contributed by atoms with Gasteiger partial charge in [0.05, 0.1) is 12.4 Å². The van der Waals surface area contributed by atoms with Gasteiger partial charge in [0.1, 0.15) is 11.5 Å². The monoisotopic (exact) mass is 296 g/mol. The summed E-state index contributed by atoms with van der Waals surface area (Å²) in [4.78, 5) is 22.9. The molecule has 0 aliphatic carbocycles. The minimum absolute atomic E-state index is 0.0892. The van der Waals surface area contributed by atoms with Gasteiger partial charge in [-0.05, 0) is 38.8 Å². The van der Waals surface area contributed by atoms with Crippen LogP contribution in [0.5, 0.6) is 0 Å². The van der Waals surface area contributed by atoms with Crippen LogP contribution >= 0.6 is 0 Å². The summed E-state index contributed by atoms with van der Waals surface area (Å²) in [7, 11) is 0. The Morgan fingerprint density at radius 1 is 1.18 bits per heavy atom. The number of carbonyl (C=O) groups is 1. The minimum atomic E-state index is -0.0974. The van der Waals surface area contributed by atoms with Crippen molar-refractivity contribution in [1.29, 1.82) is 0 Å². The highest BCUT2D eigenvalue weighted by molar-refractivity contribution is 6.05. The van der Waals surface area contributed by atoms with E-state index in [1.807, 2.05) is 18.2 Å². The molecule has 2 heterocycles. The number of nitrogens with one attached hydrogen (secondary N) is 1. The molecule has 0 radical (unpaired) electrons. The lowest BCUT2D eigenvalue weighted by Gasteiger charge is -2.21. The number of benzene rings is 1. The first kappa shape index (κ1) is 14.5. The maximum Gasteiger partial charge on any atom is 0.278 e. The fraction of sp³-hybridized carbons (Fsp3) is 0.353. The second kappa shape index (κ2) is 5.40. The van der Waals surface area contributed by atoms with Gasteiger partial charge in [-0.3, -0.25) is 4.79 Å². The second-order valence-corrected chi connectivity index (χ2v) is 6.50. The van der Waals surface area contributed by atoms with Crippen molar-refractivity contribution in [2.24, 2.45) is 0 Å². The molecule has 5 heteroatoms. The Labute approximate surface area is 130 Å². The average molecular weight is 296 g/mol. The first-order valence-corrected chi connectivity index (χ1v) is 7.44. The summed E-state index contributed by atoms with van der Waals surface area (Å²) in [6.07, 6.45) is 4.04. The van der Waals surface area contributed by atoms with E-state index in [0.717, 1.165) is 12.1 Å². The van der Waals surface area contributed by atoms with Crippen LogP contribution in [-0.2, 0) is 6.42 Å². The quantitative estimate of drug-likeness (QED) is 0.925. The van der Waals surface area contributed by atoms with Gasteiger partial charge in [-0.1, -0.05) is 18.2 Å². The molecule has 0 saturated carbocycles. The summed E-state index contributed by atoms with van der Waals surface area (Å²) >= 11 is 0. The highest BCUT2D eigenvalue weighted by Gasteiger charge is 2.26. The highest BCUT2D eigenvalue weighted by atomic mass is 16.2. The number of aromatic nitrogens is 2. The van der Waals surface area contributed by atoms with Crippen LogP contribution < -0.4 is 10.2 Å². The molecule has 1 aromatic carbocycles. The Bertz CT molecular complexity index is 689. The topological polar surface area (TPSA) is 58.1 Å². The van der Waals surface area contributed by atoms with Gasteiger partial charge < -0.3 is 10.2 Å². The van der Waals surface area contributed by atoms with E-state index in [0.29, 0.717) is 18.1 Å². The average Bonchev–Trinajstić information content (AvgIpc) is 2.89. The molecule has 1 amide bonds. The summed E-state index contributed by atoms with van der Waals surface area (Å²) in [5.74, 6) is 0.575. The molecule has 1 aromatic heterocycles. The van der Waals surface area contributed by atoms with Crippen LogP contribution in [0.3, 0.4) is 0 Å². The van der Waals surface area contributed by atoms with E-state index >= 15 is 0 Å². The zero-order valence-corrected chi connectivity index (χ0v) is 13.1. The van der Waals surface area contributed by atoms with Crippen LogP contribution in [0.15, 0.2) is 36.7 Å². The molecule has 22 heavy (non-hydrogen) atoms. The van der Waals surface area contributed by atoms with Crippen molar-refractivity contribution < 1.29 is 4.79 Å². The van der Waals surface area contributed by atoms with Crippen molar-refractivity contribution in [2.75, 3.05) is 16.8 Å². The van der Waals surface area contributed by atoms with E-state index in [-0.39, 0.29) is 11.4 Å². The Morgan fingerprint density at radius 2 is 1.95 bits per heavy atom. The number of carbonyl (C=O) groups excluding carboxylic acids is 1. The smallest absolute Gasteiger partial charge is 0.278 e. The molecular weight excluding hydrogens is 276 g/mol. The van der Waals surface area contributed by atoms with Gasteiger partial charge in [0.25, 0.3) is 5.91 Å². The molecule has 1 aliphatic heterocycles. The van der Waals surface area contributed by atoms with Crippen molar-refractivity contribution in [3.63, 3.8) is 0 Å². The molecule has 114 valence electrons. The van der Waals surface area contributed by atoms with E-state index in [9.17, 15) is 4.79 Å². The highest BCUT2D eigenvalue weighted by Crippen LogP contribution is 2.28. The molecule has 0 unspecified atom stereocenters. The Kier molecular flexibility index (Phi) is 3.56. The first-order valence-electron chi connectivity index (χ1n) is 7.44. The van der Waals surface area contributed by atoms with Crippen molar-refractivity contribution in [2.45, 2.75) is 32.7 Å². The van der Waals surface area contributed by atoms with Crippen molar-refractivity contribution >= 4 is 17.4 Å². The predicted molar refractivity (Wildman–Crippen MR) is 87.2 cm³/mol. The fourth-order valence-corrected chi connectivity index (χ4v) is 2.57. The Balaban J connectivity index is 1.79. The molecule has 2 aromatic rings. The fourth-order valence-electron chi connectivity index (χ4n) is 2.57. The van der Waals surface area contributed by atoms with Crippen LogP contribution in [0.1, 0.15) is 36.8 Å². The third-order valence-electron chi connectivity index (χ3n) is 3.51. The maximum absolute atomic E-state index is 12.6. The van der Waals surface area contributed by atoms with E-state index in [1.165, 1.54) is 11.8 Å². The number of anilines is 2. The molecule has 3 rings (SSSR count). The zero-order valence-electron chi connectivity index (χ0n) is 13.1. The SMILES string of the molecule is CC(C)(C)Nc1cnc(C(=O)N2CCc3ccccc32)cn1. The normalized spacial score (nSPS) is 13.9. The van der Waals surface area contributed by atoms with Gasteiger partial charge in [0, 0.05) is 17.8 Å². The predicted octanol–water partition coefficient (Wildman–Crippen LogP) is 2.89. The zero-order chi connectivity index (χ0) is 15.7. The number of fused-ring (bicyclic) bond motifs is 1. The number of para-hydroxylation sites is 1. The lowest BCUT2D eigenvalue weighted by atomic mass is 10.1. The molecule has 0 fully saturated rings. The van der Waals surface area contributed by atoms with E-state index in [2.05, 4.69) is 42.1 Å². The van der Waals surface area contributed by atoms with Crippen LogP contribution in [0, 0.1) is 0 Å². The van der Waals surface area contributed by atoms with Gasteiger partial charge in [-0.2, -0.15) is 0 Å². The number of nitrogens with zero attached hydrogens (tertiary/aromatic N) is 3. The van der Waals surface area contributed by atoms with Crippen molar-refractivity contribution in [1.82, 2.24) is 9.97 Å². The van der Waals surface area contributed by atoms with Gasteiger partial charge in [-0.25, -0.2) is 9.97 Å².